The fourth-order valence-electron chi connectivity index (χ4n) is 2.55. The molecule has 0 saturated heterocycles. The highest BCUT2D eigenvalue weighted by Crippen LogP contribution is 2.30. The largest absolute Gasteiger partial charge is 0.507 e. The number of rotatable bonds is 4. The highest BCUT2D eigenvalue weighted by atomic mass is 32.2. The predicted octanol–water partition coefficient (Wildman–Crippen LogP) is 2.68. The molecule has 3 aromatic carbocycles. The molecule has 5 N–H and O–H groups in total. The van der Waals surface area contributed by atoms with Gasteiger partial charge in [0.05, 0.1) is 9.79 Å². The van der Waals surface area contributed by atoms with Gasteiger partial charge in [0.1, 0.15) is 5.75 Å². The van der Waals surface area contributed by atoms with E-state index in [0.717, 1.165) is 24.3 Å². The van der Waals surface area contributed by atoms with Crippen molar-refractivity contribution < 1.29 is 35.8 Å². The molecule has 3 aromatic rings. The third-order valence-electron chi connectivity index (χ3n) is 3.87. The summed E-state index contributed by atoms with van der Waals surface area (Å²) in [6.45, 7) is 0. The molecule has 0 aliphatic carbocycles. The molecule has 29 heavy (non-hydrogen) atoms. The van der Waals surface area contributed by atoms with Crippen molar-refractivity contribution in [1.82, 2.24) is 0 Å². The number of hydrogen-bond acceptors (Lipinski definition) is 6. The fourth-order valence-corrected chi connectivity index (χ4v) is 3.57. The molecule has 12 heteroatoms. The number of nitrogens with one attached hydrogen (secondary N) is 2. The maximum absolute atomic E-state index is 12.1. The summed E-state index contributed by atoms with van der Waals surface area (Å²) in [5.41, 5.74) is 0.512. The average Bonchev–Trinajstić information content (AvgIpc) is 2.60. The van der Waals surface area contributed by atoms with Crippen LogP contribution in [0.1, 0.15) is 0 Å². The van der Waals surface area contributed by atoms with Crippen molar-refractivity contribution >= 4 is 48.4 Å². The number of carbonyl (C=O) groups excluding carboxylic acids is 1. The van der Waals surface area contributed by atoms with Crippen molar-refractivity contribution in [1.29, 1.82) is 0 Å². The molecule has 0 atom stereocenters. The van der Waals surface area contributed by atoms with E-state index in [0.29, 0.717) is 5.39 Å². The molecule has 0 spiro atoms. The number of anilines is 2. The molecule has 0 aliphatic rings. The van der Waals surface area contributed by atoms with Gasteiger partial charge in [0.25, 0.3) is 20.2 Å². The number of phenols is 1. The smallest absolute Gasteiger partial charge is 0.323 e. The van der Waals surface area contributed by atoms with Crippen LogP contribution in [0.25, 0.3) is 10.8 Å². The van der Waals surface area contributed by atoms with E-state index >= 15 is 0 Å². The van der Waals surface area contributed by atoms with Gasteiger partial charge in [-0.25, -0.2) is 4.79 Å². The molecule has 152 valence electrons. The molecule has 0 unspecified atom stereocenters. The summed E-state index contributed by atoms with van der Waals surface area (Å²) in [5.74, 6) is -0.356. The van der Waals surface area contributed by atoms with Crippen molar-refractivity contribution in [3.05, 3.63) is 54.6 Å². The Morgan fingerprint density at radius 3 is 1.86 bits per heavy atom. The SMILES string of the molecule is O=C(Nc1ccc(S(=O)(=O)O)cc1)Nc1ccc2c(O)cc(S(=O)(=O)O)cc2c1. The number of phenolic OH excluding ortho intramolecular Hbond substituents is 1. The van der Waals surface area contributed by atoms with Gasteiger partial charge in [-0.2, -0.15) is 16.8 Å². The van der Waals surface area contributed by atoms with Crippen molar-refractivity contribution in [2.45, 2.75) is 9.79 Å². The van der Waals surface area contributed by atoms with Crippen molar-refractivity contribution in [3.8, 4) is 5.75 Å². The lowest BCUT2D eigenvalue weighted by atomic mass is 10.1. The molecule has 0 fully saturated rings. The number of carbonyl (C=O) groups is 1. The van der Waals surface area contributed by atoms with E-state index in [1.165, 1.54) is 30.3 Å². The Kier molecular flexibility index (Phi) is 5.19. The predicted molar refractivity (Wildman–Crippen MR) is 104 cm³/mol. The minimum absolute atomic E-state index is 0.252. The van der Waals surface area contributed by atoms with Gasteiger partial charge in [-0.1, -0.05) is 0 Å². The van der Waals surface area contributed by atoms with Gasteiger partial charge in [-0.15, -0.1) is 0 Å². The monoisotopic (exact) mass is 438 g/mol. The van der Waals surface area contributed by atoms with Gasteiger partial charge < -0.3 is 15.7 Å². The minimum atomic E-state index is -4.53. The molecule has 0 aliphatic heterocycles. The first-order valence-corrected chi connectivity index (χ1v) is 10.7. The summed E-state index contributed by atoms with van der Waals surface area (Å²) in [6, 6.07) is 10.5. The number of amides is 2. The summed E-state index contributed by atoms with van der Waals surface area (Å²) < 4.78 is 62.7. The molecule has 0 aromatic heterocycles. The Morgan fingerprint density at radius 2 is 1.28 bits per heavy atom. The van der Waals surface area contributed by atoms with Crippen LogP contribution in [0.15, 0.2) is 64.4 Å². The highest BCUT2D eigenvalue weighted by Gasteiger charge is 2.14. The maximum Gasteiger partial charge on any atom is 0.323 e. The Morgan fingerprint density at radius 1 is 0.724 bits per heavy atom. The molecule has 0 heterocycles. The van der Waals surface area contributed by atoms with E-state index in [4.69, 9.17) is 9.11 Å². The lowest BCUT2D eigenvalue weighted by molar-refractivity contribution is 0.262. The van der Waals surface area contributed by atoms with Crippen LogP contribution in [-0.2, 0) is 20.2 Å². The Balaban J connectivity index is 1.81. The molecular formula is C17H14N2O8S2. The molecule has 0 bridgehead atoms. The Labute approximate surface area is 165 Å². The summed E-state index contributed by atoms with van der Waals surface area (Å²) in [6.07, 6.45) is 0. The van der Waals surface area contributed by atoms with Crippen LogP contribution in [0.5, 0.6) is 5.75 Å². The molecule has 3 rings (SSSR count). The highest BCUT2D eigenvalue weighted by molar-refractivity contribution is 7.86. The normalized spacial score (nSPS) is 11.9. The Bertz CT molecular complexity index is 1320. The van der Waals surface area contributed by atoms with Crippen LogP contribution in [0.2, 0.25) is 0 Å². The topological polar surface area (TPSA) is 170 Å². The minimum Gasteiger partial charge on any atom is -0.507 e. The van der Waals surface area contributed by atoms with Crippen LogP contribution in [0.4, 0.5) is 16.2 Å². The van der Waals surface area contributed by atoms with Crippen LogP contribution in [0.3, 0.4) is 0 Å². The first kappa shape index (κ1) is 20.5. The maximum atomic E-state index is 12.1. The first-order valence-electron chi connectivity index (χ1n) is 7.83. The lowest BCUT2D eigenvalue weighted by Gasteiger charge is -2.10. The first-order chi connectivity index (χ1) is 13.4. The zero-order chi connectivity index (χ0) is 21.4. The van der Waals surface area contributed by atoms with Gasteiger partial charge in [-0.3, -0.25) is 9.11 Å². The van der Waals surface area contributed by atoms with E-state index in [2.05, 4.69) is 10.6 Å². The molecule has 0 radical (unpaired) electrons. The molecular weight excluding hydrogens is 424 g/mol. The van der Waals surface area contributed by atoms with Gasteiger partial charge in [0.15, 0.2) is 0 Å². The average molecular weight is 438 g/mol. The lowest BCUT2D eigenvalue weighted by Crippen LogP contribution is -2.19. The molecule has 10 nitrogen and oxygen atoms in total. The van der Waals surface area contributed by atoms with Crippen LogP contribution in [-0.4, -0.2) is 37.1 Å². The van der Waals surface area contributed by atoms with Gasteiger partial charge in [0.2, 0.25) is 0 Å². The summed E-state index contributed by atoms with van der Waals surface area (Å²) >= 11 is 0. The zero-order valence-electron chi connectivity index (χ0n) is 14.4. The quantitative estimate of drug-likeness (QED) is 0.387. The van der Waals surface area contributed by atoms with Crippen LogP contribution < -0.4 is 10.6 Å². The third-order valence-corrected chi connectivity index (χ3v) is 5.57. The number of urea groups is 1. The van der Waals surface area contributed by atoms with E-state index in [1.54, 1.807) is 0 Å². The van der Waals surface area contributed by atoms with E-state index in [1.807, 2.05) is 0 Å². The van der Waals surface area contributed by atoms with E-state index < -0.39 is 31.2 Å². The molecule has 2 amide bonds. The number of fused-ring (bicyclic) bond motifs is 1. The zero-order valence-corrected chi connectivity index (χ0v) is 16.0. The fraction of sp³-hybridized carbons (Fsp3) is 0. The van der Waals surface area contributed by atoms with Crippen molar-refractivity contribution in [3.63, 3.8) is 0 Å². The number of benzene rings is 3. The Hall–Kier alpha value is -3.19. The third kappa shape index (κ3) is 4.81. The summed E-state index contributed by atoms with van der Waals surface area (Å²) in [4.78, 5) is 11.3. The van der Waals surface area contributed by atoms with E-state index in [-0.39, 0.29) is 27.4 Å². The standard InChI is InChI=1S/C17H14N2O8S2/c20-16-9-14(29(25,26)27)8-10-7-12(3-6-15(10)16)19-17(21)18-11-1-4-13(5-2-11)28(22,23)24/h1-9,20H,(H2,18,19,21)(H,22,23,24)(H,25,26,27). The van der Waals surface area contributed by atoms with Gasteiger partial charge in [0, 0.05) is 22.8 Å². The second-order valence-corrected chi connectivity index (χ2v) is 8.78. The van der Waals surface area contributed by atoms with Crippen LogP contribution in [0, 0.1) is 0 Å². The second kappa shape index (κ2) is 7.33. The van der Waals surface area contributed by atoms with Crippen LogP contribution >= 0.6 is 0 Å². The van der Waals surface area contributed by atoms with Crippen molar-refractivity contribution in [2.24, 2.45) is 0 Å². The number of aromatic hydroxyl groups is 1. The summed E-state index contributed by atoms with van der Waals surface area (Å²) in [5, 5.41) is 15.4. The molecule has 0 saturated carbocycles. The van der Waals surface area contributed by atoms with Gasteiger partial charge >= 0.3 is 6.03 Å². The number of hydrogen-bond donors (Lipinski definition) is 5. The summed E-state index contributed by atoms with van der Waals surface area (Å²) in [7, 11) is -8.87. The second-order valence-electron chi connectivity index (χ2n) is 5.93. The van der Waals surface area contributed by atoms with Gasteiger partial charge in [-0.05, 0) is 53.9 Å². The van der Waals surface area contributed by atoms with E-state index in [9.17, 15) is 26.7 Å². The van der Waals surface area contributed by atoms with Crippen molar-refractivity contribution in [2.75, 3.05) is 10.6 Å².